The number of ether oxygens (including phenoxy) is 2. The zero-order valence-corrected chi connectivity index (χ0v) is 21.9. The van der Waals surface area contributed by atoms with E-state index in [1.54, 1.807) is 6.21 Å². The van der Waals surface area contributed by atoms with Crippen LogP contribution in [-0.4, -0.2) is 43.3 Å². The largest absolute Gasteiger partial charge is 0.490 e. The van der Waals surface area contributed by atoms with Crippen LogP contribution >= 0.6 is 0 Å². The summed E-state index contributed by atoms with van der Waals surface area (Å²) in [4.78, 5) is 15.1. The van der Waals surface area contributed by atoms with Crippen molar-refractivity contribution in [2.24, 2.45) is 11.0 Å². The van der Waals surface area contributed by atoms with E-state index in [-0.39, 0.29) is 5.91 Å². The first-order chi connectivity index (χ1) is 18.1. The third-order valence-electron chi connectivity index (χ3n) is 6.64. The maximum absolute atomic E-state index is 12.6. The monoisotopic (exact) mass is 499 g/mol. The summed E-state index contributed by atoms with van der Waals surface area (Å²) >= 11 is 0. The lowest BCUT2D eigenvalue weighted by Gasteiger charge is -2.32. The van der Waals surface area contributed by atoms with E-state index in [1.807, 2.05) is 56.3 Å². The van der Waals surface area contributed by atoms with Gasteiger partial charge in [0.05, 0.1) is 19.4 Å². The molecule has 0 unspecified atom stereocenters. The van der Waals surface area contributed by atoms with E-state index < -0.39 is 0 Å². The van der Waals surface area contributed by atoms with Crippen LogP contribution in [0, 0.1) is 5.92 Å². The molecule has 0 spiro atoms. The van der Waals surface area contributed by atoms with Crippen molar-refractivity contribution < 1.29 is 14.3 Å². The number of nitrogens with zero attached hydrogens (tertiary/aromatic N) is 2. The smallest absolute Gasteiger partial charge is 0.271 e. The van der Waals surface area contributed by atoms with Gasteiger partial charge in [-0.2, -0.15) is 5.10 Å². The highest BCUT2D eigenvalue weighted by molar-refractivity contribution is 5.95. The van der Waals surface area contributed by atoms with Crippen LogP contribution in [0.1, 0.15) is 53.7 Å². The van der Waals surface area contributed by atoms with Gasteiger partial charge in [0.25, 0.3) is 5.91 Å². The molecule has 0 bridgehead atoms. The number of piperidine rings is 1. The number of carbonyl (C=O) groups is 1. The normalized spacial score (nSPS) is 14.5. The molecule has 194 valence electrons. The van der Waals surface area contributed by atoms with Gasteiger partial charge in [-0.25, -0.2) is 5.43 Å². The molecule has 37 heavy (non-hydrogen) atoms. The second-order valence-electron chi connectivity index (χ2n) is 9.38. The van der Waals surface area contributed by atoms with Gasteiger partial charge >= 0.3 is 0 Å². The number of benzene rings is 3. The molecule has 6 heteroatoms. The zero-order chi connectivity index (χ0) is 25.9. The third-order valence-corrected chi connectivity index (χ3v) is 6.64. The molecule has 0 radical (unpaired) electrons. The van der Waals surface area contributed by atoms with Crippen molar-refractivity contribution in [3.63, 3.8) is 0 Å². The van der Waals surface area contributed by atoms with Crippen LogP contribution in [0.2, 0.25) is 0 Å². The van der Waals surface area contributed by atoms with Crippen LogP contribution in [0.5, 0.6) is 11.5 Å². The van der Waals surface area contributed by atoms with E-state index in [9.17, 15) is 4.79 Å². The van der Waals surface area contributed by atoms with Crippen molar-refractivity contribution in [1.82, 2.24) is 10.3 Å². The zero-order valence-electron chi connectivity index (χ0n) is 21.9. The number of hydrogen-bond acceptors (Lipinski definition) is 5. The lowest BCUT2D eigenvalue weighted by atomic mass is 9.90. The fraction of sp³-hybridized carbons (Fsp3) is 0.355. The molecule has 0 atom stereocenters. The predicted octanol–water partition coefficient (Wildman–Crippen LogP) is 5.70. The van der Waals surface area contributed by atoms with Gasteiger partial charge in [0, 0.05) is 12.1 Å². The summed E-state index contributed by atoms with van der Waals surface area (Å²) in [5.74, 6) is 1.89. The van der Waals surface area contributed by atoms with Crippen molar-refractivity contribution in [3.05, 3.63) is 95.1 Å². The van der Waals surface area contributed by atoms with E-state index in [0.29, 0.717) is 30.3 Å². The molecule has 3 aromatic rings. The van der Waals surface area contributed by atoms with Gasteiger partial charge in [0.15, 0.2) is 11.5 Å². The number of carbonyl (C=O) groups excluding carboxylic acids is 1. The molecule has 1 N–H and O–H groups in total. The number of amides is 1. The van der Waals surface area contributed by atoms with Crippen molar-refractivity contribution in [2.45, 2.75) is 39.7 Å². The second-order valence-corrected chi connectivity index (χ2v) is 9.38. The molecule has 1 aliphatic heterocycles. The molecule has 4 rings (SSSR count). The fourth-order valence-electron chi connectivity index (χ4n) is 4.69. The molecule has 0 aromatic heterocycles. The summed E-state index contributed by atoms with van der Waals surface area (Å²) < 4.78 is 11.2. The topological polar surface area (TPSA) is 63.2 Å². The van der Waals surface area contributed by atoms with Crippen molar-refractivity contribution in [2.75, 3.05) is 26.3 Å². The second kappa shape index (κ2) is 13.6. The summed E-state index contributed by atoms with van der Waals surface area (Å²) in [7, 11) is 0. The summed E-state index contributed by atoms with van der Waals surface area (Å²) in [5, 5.41) is 4.12. The minimum Gasteiger partial charge on any atom is -0.490 e. The number of hydrogen-bond donors (Lipinski definition) is 1. The Balaban J connectivity index is 1.24. The quantitative estimate of drug-likeness (QED) is 0.271. The first-order valence-corrected chi connectivity index (χ1v) is 13.2. The lowest BCUT2D eigenvalue weighted by Crippen LogP contribution is -2.33. The number of nitrogens with one attached hydrogen (secondary N) is 1. The fourth-order valence-corrected chi connectivity index (χ4v) is 4.69. The average molecular weight is 500 g/mol. The van der Waals surface area contributed by atoms with Gasteiger partial charge in [-0.3, -0.25) is 9.69 Å². The Morgan fingerprint density at radius 3 is 2.32 bits per heavy atom. The molecule has 1 fully saturated rings. The Kier molecular flexibility index (Phi) is 9.72. The molecule has 1 aliphatic rings. The van der Waals surface area contributed by atoms with E-state index >= 15 is 0 Å². The SMILES string of the molecule is CCOc1ccc(/C=N\NC(=O)c2ccc(CN3CCC(Cc4ccccc4)CC3)cc2)cc1OCC. The van der Waals surface area contributed by atoms with Gasteiger partial charge in [-0.05, 0) is 99.1 Å². The Bertz CT molecular complexity index is 1150. The maximum Gasteiger partial charge on any atom is 0.271 e. The van der Waals surface area contributed by atoms with Crippen molar-refractivity contribution in [3.8, 4) is 11.5 Å². The molecule has 1 saturated heterocycles. The molecule has 0 saturated carbocycles. The molecule has 0 aliphatic carbocycles. The van der Waals surface area contributed by atoms with Gasteiger partial charge in [0.1, 0.15) is 0 Å². The van der Waals surface area contributed by atoms with Gasteiger partial charge < -0.3 is 9.47 Å². The van der Waals surface area contributed by atoms with Crippen LogP contribution in [0.25, 0.3) is 0 Å². The summed E-state index contributed by atoms with van der Waals surface area (Å²) in [6.07, 6.45) is 5.24. The first-order valence-electron chi connectivity index (χ1n) is 13.2. The summed E-state index contributed by atoms with van der Waals surface area (Å²) in [6.45, 7) is 8.11. The molecule has 1 heterocycles. The van der Waals surface area contributed by atoms with Gasteiger partial charge in [0.2, 0.25) is 0 Å². The highest BCUT2D eigenvalue weighted by Crippen LogP contribution is 2.28. The van der Waals surface area contributed by atoms with Crippen molar-refractivity contribution >= 4 is 12.1 Å². The molecular weight excluding hydrogens is 462 g/mol. The molecule has 1 amide bonds. The van der Waals surface area contributed by atoms with E-state index in [0.717, 1.165) is 31.1 Å². The number of hydrazone groups is 1. The Labute approximate surface area is 220 Å². The minimum atomic E-state index is -0.236. The summed E-state index contributed by atoms with van der Waals surface area (Å²) in [6, 6.07) is 24.2. The number of rotatable bonds is 11. The maximum atomic E-state index is 12.6. The van der Waals surface area contributed by atoms with Crippen LogP contribution in [-0.2, 0) is 13.0 Å². The van der Waals surface area contributed by atoms with Crippen LogP contribution in [0.4, 0.5) is 0 Å². The highest BCUT2D eigenvalue weighted by atomic mass is 16.5. The average Bonchev–Trinajstić information content (AvgIpc) is 2.92. The van der Waals surface area contributed by atoms with E-state index in [2.05, 4.69) is 45.8 Å². The Hall–Kier alpha value is -3.64. The highest BCUT2D eigenvalue weighted by Gasteiger charge is 2.19. The van der Waals surface area contributed by atoms with E-state index in [4.69, 9.17) is 9.47 Å². The molecular formula is C31H37N3O3. The van der Waals surface area contributed by atoms with Crippen molar-refractivity contribution in [1.29, 1.82) is 0 Å². The summed E-state index contributed by atoms with van der Waals surface area (Å²) in [5.41, 5.74) is 6.67. The Morgan fingerprint density at radius 2 is 1.62 bits per heavy atom. The van der Waals surface area contributed by atoms with Gasteiger partial charge in [-0.1, -0.05) is 42.5 Å². The first kappa shape index (κ1) is 26.4. The third kappa shape index (κ3) is 7.92. The van der Waals surface area contributed by atoms with E-state index in [1.165, 1.54) is 30.4 Å². The predicted molar refractivity (Wildman–Crippen MR) is 148 cm³/mol. The lowest BCUT2D eigenvalue weighted by molar-refractivity contribution is 0.0955. The molecule has 6 nitrogen and oxygen atoms in total. The minimum absolute atomic E-state index is 0.236. The molecule has 3 aromatic carbocycles. The standard InChI is InChI=1S/C31H37N3O3/c1-3-36-29-15-12-27(21-30(29)37-4-2)22-32-33-31(35)28-13-10-26(11-14-28)23-34-18-16-25(17-19-34)20-24-8-6-5-7-9-24/h5-15,21-22,25H,3-4,16-20,23H2,1-2H3,(H,33,35)/b32-22-. The van der Waals surface area contributed by atoms with Crippen LogP contribution in [0.15, 0.2) is 77.9 Å². The van der Waals surface area contributed by atoms with Gasteiger partial charge in [-0.15, -0.1) is 0 Å². The van der Waals surface area contributed by atoms with Crippen LogP contribution < -0.4 is 14.9 Å². The Morgan fingerprint density at radius 1 is 0.919 bits per heavy atom. The number of likely N-dealkylation sites (tertiary alicyclic amines) is 1. The van der Waals surface area contributed by atoms with Crippen LogP contribution in [0.3, 0.4) is 0 Å².